The Balaban J connectivity index is 2.12. The molecule has 0 bridgehead atoms. The van der Waals surface area contributed by atoms with Crippen LogP contribution < -0.4 is 0 Å². The Hall–Kier alpha value is -1.94. The molecule has 1 aromatic heterocycles. The molecule has 0 aliphatic heterocycles. The second-order valence-electron chi connectivity index (χ2n) is 4.06. The number of hydrogen-bond acceptors (Lipinski definition) is 3. The Kier molecular flexibility index (Phi) is 3.89. The van der Waals surface area contributed by atoms with Gasteiger partial charge in [-0.1, -0.05) is 30.3 Å². The first kappa shape index (κ1) is 12.5. The Morgan fingerprint density at radius 3 is 2.72 bits per heavy atom. The van der Waals surface area contributed by atoms with Crippen molar-refractivity contribution >= 4 is 17.4 Å². The topological polar surface area (TPSA) is 43.1 Å². The summed E-state index contributed by atoms with van der Waals surface area (Å²) in [6, 6.07) is 12.2. The third kappa shape index (κ3) is 3.28. The van der Waals surface area contributed by atoms with Crippen molar-refractivity contribution in [1.29, 1.82) is 0 Å². The first-order valence-corrected chi connectivity index (χ1v) is 6.47. The molecule has 0 saturated heterocycles. The smallest absolute Gasteiger partial charge is 0.244 e. The van der Waals surface area contributed by atoms with Crippen molar-refractivity contribution in [2.24, 2.45) is 0 Å². The molecule has 0 fully saturated rings. The van der Waals surface area contributed by atoms with Gasteiger partial charge in [-0.2, -0.15) is 0 Å². The zero-order valence-electron chi connectivity index (χ0n) is 10.00. The number of hydrogen-bond donors (Lipinski definition) is 0. The average molecular weight is 259 g/mol. The van der Waals surface area contributed by atoms with Crippen molar-refractivity contribution < 1.29 is 4.92 Å². The summed E-state index contributed by atoms with van der Waals surface area (Å²) < 4.78 is 0. The third-order valence-corrected chi connectivity index (χ3v) is 3.49. The highest BCUT2D eigenvalue weighted by Gasteiger charge is 2.05. The van der Waals surface area contributed by atoms with E-state index in [1.807, 2.05) is 29.6 Å². The molecular formula is C14H13NO2S. The van der Waals surface area contributed by atoms with Gasteiger partial charge in [-0.05, 0) is 29.0 Å². The van der Waals surface area contributed by atoms with Crippen molar-refractivity contribution in [3.8, 4) is 0 Å². The van der Waals surface area contributed by atoms with Gasteiger partial charge in [0.1, 0.15) is 0 Å². The van der Waals surface area contributed by atoms with E-state index >= 15 is 0 Å². The van der Waals surface area contributed by atoms with Gasteiger partial charge in [0.25, 0.3) is 0 Å². The monoisotopic (exact) mass is 259 g/mol. The Bertz CT molecular complexity index is 572. The SMILES string of the molecule is CC(=Cc1cc(Cc2ccccc2)cs1)[N+](=O)[O-]. The van der Waals surface area contributed by atoms with Gasteiger partial charge < -0.3 is 0 Å². The molecule has 3 nitrogen and oxygen atoms in total. The first-order chi connectivity index (χ1) is 8.65. The summed E-state index contributed by atoms with van der Waals surface area (Å²) in [6.07, 6.45) is 2.47. The van der Waals surface area contributed by atoms with Crippen molar-refractivity contribution in [3.63, 3.8) is 0 Å². The number of thiophene rings is 1. The van der Waals surface area contributed by atoms with Crippen LogP contribution >= 0.6 is 11.3 Å². The molecule has 0 amide bonds. The number of nitro groups is 1. The van der Waals surface area contributed by atoms with E-state index in [0.717, 1.165) is 11.3 Å². The highest BCUT2D eigenvalue weighted by atomic mass is 32.1. The van der Waals surface area contributed by atoms with Gasteiger partial charge in [-0.25, -0.2) is 0 Å². The van der Waals surface area contributed by atoms with Gasteiger partial charge in [0.05, 0.1) is 4.92 Å². The molecule has 18 heavy (non-hydrogen) atoms. The zero-order chi connectivity index (χ0) is 13.0. The molecule has 0 spiro atoms. The van der Waals surface area contributed by atoms with E-state index in [9.17, 15) is 10.1 Å². The van der Waals surface area contributed by atoms with Crippen LogP contribution in [0.5, 0.6) is 0 Å². The fourth-order valence-corrected chi connectivity index (χ4v) is 2.55. The molecule has 0 aliphatic rings. The molecule has 1 heterocycles. The van der Waals surface area contributed by atoms with Crippen LogP contribution in [0, 0.1) is 10.1 Å². The van der Waals surface area contributed by atoms with Gasteiger partial charge in [0.15, 0.2) is 0 Å². The van der Waals surface area contributed by atoms with Crippen LogP contribution in [0.25, 0.3) is 6.08 Å². The van der Waals surface area contributed by atoms with E-state index in [1.165, 1.54) is 29.4 Å². The largest absolute Gasteiger partial charge is 0.259 e. The fraction of sp³-hybridized carbons (Fsp3) is 0.143. The average Bonchev–Trinajstić information content (AvgIpc) is 2.77. The highest BCUT2D eigenvalue weighted by Crippen LogP contribution is 2.20. The lowest BCUT2D eigenvalue weighted by atomic mass is 10.1. The fourth-order valence-electron chi connectivity index (χ4n) is 1.65. The second-order valence-corrected chi connectivity index (χ2v) is 5.01. The van der Waals surface area contributed by atoms with Crippen LogP contribution in [0.3, 0.4) is 0 Å². The zero-order valence-corrected chi connectivity index (χ0v) is 10.8. The van der Waals surface area contributed by atoms with Gasteiger partial charge in [0, 0.05) is 17.9 Å². The summed E-state index contributed by atoms with van der Waals surface area (Å²) in [6.45, 7) is 1.51. The molecule has 0 radical (unpaired) electrons. The van der Waals surface area contributed by atoms with E-state index in [0.29, 0.717) is 0 Å². The van der Waals surface area contributed by atoms with Crippen molar-refractivity contribution in [2.45, 2.75) is 13.3 Å². The predicted molar refractivity (Wildman–Crippen MR) is 74.2 cm³/mol. The lowest BCUT2D eigenvalue weighted by Gasteiger charge is -1.96. The summed E-state index contributed by atoms with van der Waals surface area (Å²) in [5.74, 6) is 0. The molecular weight excluding hydrogens is 246 g/mol. The molecule has 1 aromatic carbocycles. The molecule has 0 atom stereocenters. The third-order valence-electron chi connectivity index (χ3n) is 2.56. The van der Waals surface area contributed by atoms with Gasteiger partial charge in [-0.3, -0.25) is 10.1 Å². The highest BCUT2D eigenvalue weighted by molar-refractivity contribution is 7.11. The molecule has 0 aliphatic carbocycles. The minimum absolute atomic E-state index is 0.170. The molecule has 92 valence electrons. The maximum Gasteiger partial charge on any atom is 0.244 e. The molecule has 0 saturated carbocycles. The van der Waals surface area contributed by atoms with Crippen LogP contribution in [0.2, 0.25) is 0 Å². The lowest BCUT2D eigenvalue weighted by molar-refractivity contribution is -0.422. The summed E-state index contributed by atoms with van der Waals surface area (Å²) in [5, 5.41) is 12.6. The van der Waals surface area contributed by atoms with Gasteiger partial charge in [-0.15, -0.1) is 11.3 Å². The quantitative estimate of drug-likeness (QED) is 0.615. The molecule has 0 unspecified atom stereocenters. The summed E-state index contributed by atoms with van der Waals surface area (Å²) in [7, 11) is 0. The Morgan fingerprint density at radius 1 is 1.33 bits per heavy atom. The van der Waals surface area contributed by atoms with E-state index in [-0.39, 0.29) is 10.6 Å². The van der Waals surface area contributed by atoms with Gasteiger partial charge in [0.2, 0.25) is 5.70 Å². The summed E-state index contributed by atoms with van der Waals surface area (Å²) in [4.78, 5) is 11.1. The van der Waals surface area contributed by atoms with Crippen LogP contribution in [-0.4, -0.2) is 4.92 Å². The van der Waals surface area contributed by atoms with E-state index in [4.69, 9.17) is 0 Å². The normalized spacial score (nSPS) is 11.5. The van der Waals surface area contributed by atoms with E-state index in [1.54, 1.807) is 6.08 Å². The number of allylic oxidation sites excluding steroid dienone is 1. The second kappa shape index (κ2) is 5.60. The number of rotatable bonds is 4. The first-order valence-electron chi connectivity index (χ1n) is 5.59. The molecule has 4 heteroatoms. The Labute approximate surface area is 110 Å². The summed E-state index contributed by atoms with van der Waals surface area (Å²) in [5.41, 5.74) is 2.61. The van der Waals surface area contributed by atoms with Crippen molar-refractivity contribution in [1.82, 2.24) is 0 Å². The van der Waals surface area contributed by atoms with Crippen molar-refractivity contribution in [3.05, 3.63) is 73.6 Å². The minimum atomic E-state index is -0.364. The van der Waals surface area contributed by atoms with E-state index in [2.05, 4.69) is 12.1 Å². The van der Waals surface area contributed by atoms with Crippen LogP contribution in [-0.2, 0) is 6.42 Å². The van der Waals surface area contributed by atoms with E-state index < -0.39 is 0 Å². The Morgan fingerprint density at radius 2 is 2.06 bits per heavy atom. The number of benzene rings is 1. The van der Waals surface area contributed by atoms with Crippen LogP contribution in [0.1, 0.15) is 22.9 Å². The minimum Gasteiger partial charge on any atom is -0.259 e. The maximum absolute atomic E-state index is 10.5. The molecule has 2 aromatic rings. The molecule has 0 N–H and O–H groups in total. The van der Waals surface area contributed by atoms with Crippen LogP contribution in [0.4, 0.5) is 0 Å². The number of nitrogens with zero attached hydrogens (tertiary/aromatic N) is 1. The maximum atomic E-state index is 10.5. The van der Waals surface area contributed by atoms with Crippen LogP contribution in [0.15, 0.2) is 47.5 Å². The van der Waals surface area contributed by atoms with Crippen molar-refractivity contribution in [2.75, 3.05) is 0 Å². The lowest BCUT2D eigenvalue weighted by Crippen LogP contribution is -1.92. The standard InChI is InChI=1S/C14H13NO2S/c1-11(15(16)17)7-14-9-13(10-18-14)8-12-5-3-2-4-6-12/h2-7,9-10H,8H2,1H3. The summed E-state index contributed by atoms with van der Waals surface area (Å²) >= 11 is 1.53. The predicted octanol–water partition coefficient (Wildman–Crippen LogP) is 3.98. The van der Waals surface area contributed by atoms with Gasteiger partial charge >= 0.3 is 0 Å². The molecule has 2 rings (SSSR count).